The fraction of sp³-hybridized carbons (Fsp3) is 0.450. The second-order valence-electron chi connectivity index (χ2n) is 6.87. The van der Waals surface area contributed by atoms with Crippen LogP contribution in [0.25, 0.3) is 10.4 Å². The van der Waals surface area contributed by atoms with Gasteiger partial charge in [-0.2, -0.15) is 0 Å². The van der Waals surface area contributed by atoms with Gasteiger partial charge in [0.05, 0.1) is 12.6 Å². The maximum Gasteiger partial charge on any atom is 0.252 e. The van der Waals surface area contributed by atoms with Gasteiger partial charge in [0.25, 0.3) is 5.91 Å². The Balaban J connectivity index is 1.73. The van der Waals surface area contributed by atoms with Gasteiger partial charge in [-0.15, -0.1) is 11.3 Å². The summed E-state index contributed by atoms with van der Waals surface area (Å²) < 4.78 is 19.8. The van der Waals surface area contributed by atoms with Crippen LogP contribution >= 0.6 is 11.3 Å². The van der Waals surface area contributed by atoms with Gasteiger partial charge in [-0.25, -0.2) is 4.39 Å². The van der Waals surface area contributed by atoms with Gasteiger partial charge in [0.2, 0.25) is 0 Å². The van der Waals surface area contributed by atoms with E-state index in [2.05, 4.69) is 0 Å². The van der Waals surface area contributed by atoms with Crippen molar-refractivity contribution in [1.82, 2.24) is 4.90 Å². The van der Waals surface area contributed by atoms with Gasteiger partial charge in [0, 0.05) is 27.9 Å². The Morgan fingerprint density at radius 2 is 2.08 bits per heavy atom. The molecule has 2 aromatic rings. The second kappa shape index (κ2) is 8.29. The summed E-state index contributed by atoms with van der Waals surface area (Å²) in [5.41, 5.74) is 6.24. The number of amides is 1. The molecule has 4 nitrogen and oxygen atoms in total. The Hall–Kier alpha value is -1.76. The van der Waals surface area contributed by atoms with E-state index in [-0.39, 0.29) is 23.9 Å². The van der Waals surface area contributed by atoms with E-state index in [1.165, 1.54) is 17.4 Å². The molecule has 1 aromatic carbocycles. The van der Waals surface area contributed by atoms with Crippen LogP contribution < -0.4 is 5.73 Å². The zero-order valence-corrected chi connectivity index (χ0v) is 16.0. The van der Waals surface area contributed by atoms with Gasteiger partial charge in [0.1, 0.15) is 11.9 Å². The Kier molecular flexibility index (Phi) is 6.06. The summed E-state index contributed by atoms with van der Waals surface area (Å²) in [6.07, 6.45) is 1.12. The molecule has 0 saturated carbocycles. The number of thiophene rings is 1. The predicted octanol–water partition coefficient (Wildman–Crippen LogP) is 3.80. The average Bonchev–Trinajstić information content (AvgIpc) is 3.28. The zero-order valence-electron chi connectivity index (χ0n) is 15.2. The minimum Gasteiger partial charge on any atom is -0.364 e. The molecule has 1 amide bonds. The number of carbonyl (C=O) groups is 1. The first-order valence-electron chi connectivity index (χ1n) is 8.99. The number of hydrogen-bond donors (Lipinski definition) is 1. The van der Waals surface area contributed by atoms with E-state index in [4.69, 9.17) is 10.5 Å². The Bertz CT molecular complexity index is 762. The van der Waals surface area contributed by atoms with E-state index < -0.39 is 6.10 Å². The molecule has 3 rings (SSSR count). The first-order chi connectivity index (χ1) is 12.5. The number of ether oxygens (including phenoxy) is 1. The van der Waals surface area contributed by atoms with Crippen molar-refractivity contribution >= 4 is 17.2 Å². The summed E-state index contributed by atoms with van der Waals surface area (Å²) in [4.78, 5) is 16.6. The van der Waals surface area contributed by atoms with Crippen molar-refractivity contribution in [2.75, 3.05) is 6.54 Å². The highest BCUT2D eigenvalue weighted by Gasteiger charge is 2.34. The number of halogens is 1. The summed E-state index contributed by atoms with van der Waals surface area (Å²) in [6.45, 7) is 4.95. The molecular weight excluding hydrogens is 351 g/mol. The predicted molar refractivity (Wildman–Crippen MR) is 102 cm³/mol. The molecule has 1 fully saturated rings. The number of nitrogens with two attached hydrogens (primary N) is 1. The summed E-state index contributed by atoms with van der Waals surface area (Å²) in [6, 6.07) is 10.7. The van der Waals surface area contributed by atoms with Crippen LogP contribution in [-0.2, 0) is 16.1 Å². The highest BCUT2D eigenvalue weighted by molar-refractivity contribution is 7.15. The quantitative estimate of drug-likeness (QED) is 0.834. The molecule has 0 spiro atoms. The third-order valence-corrected chi connectivity index (χ3v) is 5.78. The highest BCUT2D eigenvalue weighted by Crippen LogP contribution is 2.31. The van der Waals surface area contributed by atoms with Crippen molar-refractivity contribution in [1.29, 1.82) is 0 Å². The minimum absolute atomic E-state index is 0.0109. The smallest absolute Gasteiger partial charge is 0.252 e. The number of benzene rings is 1. The summed E-state index contributed by atoms with van der Waals surface area (Å²) in [5.74, 6) is -0.221. The van der Waals surface area contributed by atoms with Crippen molar-refractivity contribution < 1.29 is 13.9 Å². The monoisotopic (exact) mass is 376 g/mol. The lowest BCUT2D eigenvalue weighted by Gasteiger charge is -2.29. The summed E-state index contributed by atoms with van der Waals surface area (Å²) >= 11 is 1.52. The van der Waals surface area contributed by atoms with Crippen molar-refractivity contribution in [2.45, 2.75) is 51.5 Å². The third-order valence-electron chi connectivity index (χ3n) is 4.68. The van der Waals surface area contributed by atoms with Crippen molar-refractivity contribution in [3.05, 3.63) is 47.1 Å². The lowest BCUT2D eigenvalue weighted by molar-refractivity contribution is -0.145. The Labute approximate surface area is 157 Å². The molecule has 1 saturated heterocycles. The van der Waals surface area contributed by atoms with Crippen LogP contribution in [0.1, 0.15) is 31.6 Å². The fourth-order valence-corrected chi connectivity index (χ4v) is 4.23. The largest absolute Gasteiger partial charge is 0.364 e. The molecule has 0 radical (unpaired) electrons. The summed E-state index contributed by atoms with van der Waals surface area (Å²) in [7, 11) is 0. The molecule has 1 aliphatic rings. The van der Waals surface area contributed by atoms with E-state index >= 15 is 0 Å². The van der Waals surface area contributed by atoms with Crippen molar-refractivity contribution in [2.24, 2.45) is 5.73 Å². The SMILES string of the molecule is CC(C)N(Cc1ccc(-c2ccccc2F)s1)C(=O)[C@@H]1CC[C@H](CN)O1. The molecule has 2 N–H and O–H groups in total. The van der Waals surface area contributed by atoms with Crippen LogP contribution in [0.4, 0.5) is 4.39 Å². The van der Waals surface area contributed by atoms with Gasteiger partial charge >= 0.3 is 0 Å². The van der Waals surface area contributed by atoms with E-state index in [0.29, 0.717) is 18.7 Å². The molecule has 140 valence electrons. The van der Waals surface area contributed by atoms with Crippen LogP contribution in [-0.4, -0.2) is 35.6 Å². The molecule has 0 unspecified atom stereocenters. The minimum atomic E-state index is -0.406. The van der Waals surface area contributed by atoms with E-state index in [1.807, 2.05) is 36.9 Å². The molecule has 2 heterocycles. The van der Waals surface area contributed by atoms with Crippen LogP contribution in [0.5, 0.6) is 0 Å². The molecule has 2 atom stereocenters. The number of nitrogens with zero attached hydrogens (tertiary/aromatic N) is 1. The van der Waals surface area contributed by atoms with Gasteiger partial charge in [-0.1, -0.05) is 18.2 Å². The zero-order chi connectivity index (χ0) is 18.7. The Morgan fingerprint density at radius 3 is 2.73 bits per heavy atom. The van der Waals surface area contributed by atoms with E-state index in [9.17, 15) is 9.18 Å². The average molecular weight is 376 g/mol. The van der Waals surface area contributed by atoms with Crippen molar-refractivity contribution in [3.8, 4) is 10.4 Å². The maximum atomic E-state index is 14.0. The van der Waals surface area contributed by atoms with Crippen molar-refractivity contribution in [3.63, 3.8) is 0 Å². The van der Waals surface area contributed by atoms with Gasteiger partial charge in [-0.05, 0) is 44.9 Å². The second-order valence-corrected chi connectivity index (χ2v) is 8.03. The lowest BCUT2D eigenvalue weighted by Crippen LogP contribution is -2.43. The fourth-order valence-electron chi connectivity index (χ4n) is 3.20. The standard InChI is InChI=1S/C20H25FN2O2S/c1-13(2)23(20(24)18-9-7-14(11-22)25-18)12-15-8-10-19(26-15)16-5-3-4-6-17(16)21/h3-6,8,10,13-14,18H,7,9,11-12,22H2,1-2H3/t14-,18+/m1/s1. The van der Waals surface area contributed by atoms with Gasteiger partial charge < -0.3 is 15.4 Å². The molecule has 0 bridgehead atoms. The number of hydrogen-bond acceptors (Lipinski definition) is 4. The molecule has 26 heavy (non-hydrogen) atoms. The lowest BCUT2D eigenvalue weighted by atomic mass is 10.1. The molecule has 6 heteroatoms. The molecule has 1 aliphatic heterocycles. The molecular formula is C20H25FN2O2S. The van der Waals surface area contributed by atoms with E-state index in [1.54, 1.807) is 12.1 Å². The first kappa shape index (κ1) is 19.0. The Morgan fingerprint density at radius 1 is 1.31 bits per heavy atom. The van der Waals surface area contributed by atoms with Gasteiger partial charge in [-0.3, -0.25) is 4.79 Å². The molecule has 1 aromatic heterocycles. The number of carbonyl (C=O) groups excluding carboxylic acids is 1. The van der Waals surface area contributed by atoms with Crippen LogP contribution in [0, 0.1) is 5.82 Å². The highest BCUT2D eigenvalue weighted by atomic mass is 32.1. The normalized spacial score (nSPS) is 19.9. The van der Waals surface area contributed by atoms with Gasteiger partial charge in [0.15, 0.2) is 0 Å². The first-order valence-corrected chi connectivity index (χ1v) is 9.81. The van der Waals surface area contributed by atoms with Crippen LogP contribution in [0.3, 0.4) is 0 Å². The van der Waals surface area contributed by atoms with Crippen LogP contribution in [0.15, 0.2) is 36.4 Å². The maximum absolute atomic E-state index is 14.0. The van der Waals surface area contributed by atoms with E-state index in [0.717, 1.165) is 22.6 Å². The third kappa shape index (κ3) is 4.14. The molecule has 0 aliphatic carbocycles. The summed E-state index contributed by atoms with van der Waals surface area (Å²) in [5, 5.41) is 0. The number of rotatable bonds is 6. The topological polar surface area (TPSA) is 55.6 Å². The van der Waals surface area contributed by atoms with Crippen LogP contribution in [0.2, 0.25) is 0 Å².